The number of fused-ring (bicyclic) bond motifs is 1. The third-order valence-electron chi connectivity index (χ3n) is 3.94. The van der Waals surface area contributed by atoms with Crippen LogP contribution >= 0.6 is 0 Å². The second-order valence-electron chi connectivity index (χ2n) is 4.44. The maximum Gasteiger partial charge on any atom is 0.0256 e. The molecule has 1 saturated carbocycles. The molecule has 11 heavy (non-hydrogen) atoms. The van der Waals surface area contributed by atoms with Crippen LogP contribution in [0.2, 0.25) is 0 Å². The van der Waals surface area contributed by atoms with E-state index in [2.05, 4.69) is 26.1 Å². The SMILES string of the molecule is CCC(C)C(C)C1CC2NC21. The minimum Gasteiger partial charge on any atom is -0.308 e. The first-order chi connectivity index (χ1) is 5.24. The van der Waals surface area contributed by atoms with Crippen molar-refractivity contribution >= 4 is 0 Å². The summed E-state index contributed by atoms with van der Waals surface area (Å²) in [6.07, 6.45) is 2.80. The van der Waals surface area contributed by atoms with Crippen molar-refractivity contribution in [3.05, 3.63) is 0 Å². The fraction of sp³-hybridized carbons (Fsp3) is 1.00. The Morgan fingerprint density at radius 2 is 2.18 bits per heavy atom. The average molecular weight is 153 g/mol. The maximum atomic E-state index is 3.52. The molecule has 1 heteroatoms. The Morgan fingerprint density at radius 3 is 2.55 bits per heavy atom. The first-order valence-electron chi connectivity index (χ1n) is 5.00. The van der Waals surface area contributed by atoms with Crippen LogP contribution in [0.15, 0.2) is 0 Å². The molecule has 0 aromatic heterocycles. The lowest BCUT2D eigenvalue weighted by atomic mass is 9.71. The number of rotatable bonds is 3. The van der Waals surface area contributed by atoms with Crippen molar-refractivity contribution in [2.75, 3.05) is 0 Å². The second kappa shape index (κ2) is 2.48. The Balaban J connectivity index is 1.84. The Morgan fingerprint density at radius 1 is 1.45 bits per heavy atom. The Hall–Kier alpha value is -0.0400. The van der Waals surface area contributed by atoms with Crippen LogP contribution in [0.5, 0.6) is 0 Å². The highest BCUT2D eigenvalue weighted by Crippen LogP contribution is 2.46. The van der Waals surface area contributed by atoms with Crippen LogP contribution < -0.4 is 5.32 Å². The van der Waals surface area contributed by atoms with E-state index in [0.29, 0.717) is 0 Å². The monoisotopic (exact) mass is 153 g/mol. The molecular formula is C10H19N. The number of hydrogen-bond donors (Lipinski definition) is 1. The fourth-order valence-corrected chi connectivity index (χ4v) is 2.41. The Bertz CT molecular complexity index is 155. The number of nitrogens with one attached hydrogen (secondary N) is 1. The van der Waals surface area contributed by atoms with Gasteiger partial charge in [-0.15, -0.1) is 0 Å². The minimum absolute atomic E-state index is 0.920. The molecule has 5 atom stereocenters. The summed E-state index contributed by atoms with van der Waals surface area (Å²) in [5.41, 5.74) is 0. The molecule has 5 unspecified atom stereocenters. The van der Waals surface area contributed by atoms with E-state index in [1.54, 1.807) is 0 Å². The molecule has 1 aliphatic carbocycles. The molecule has 0 spiro atoms. The average Bonchev–Trinajstić information content (AvgIpc) is 2.60. The van der Waals surface area contributed by atoms with Crippen molar-refractivity contribution in [2.45, 2.75) is 45.7 Å². The molecule has 2 aliphatic rings. The molecule has 0 aromatic carbocycles. The lowest BCUT2D eigenvalue weighted by Gasteiger charge is -2.32. The van der Waals surface area contributed by atoms with Gasteiger partial charge >= 0.3 is 0 Å². The molecule has 2 fully saturated rings. The van der Waals surface area contributed by atoms with Gasteiger partial charge in [-0.25, -0.2) is 0 Å². The molecule has 0 radical (unpaired) electrons. The van der Waals surface area contributed by atoms with E-state index < -0.39 is 0 Å². The van der Waals surface area contributed by atoms with Crippen LogP contribution in [0, 0.1) is 17.8 Å². The van der Waals surface area contributed by atoms with Gasteiger partial charge in [-0.05, 0) is 24.2 Å². The highest BCUT2D eigenvalue weighted by Gasteiger charge is 2.55. The van der Waals surface area contributed by atoms with Crippen LogP contribution in [-0.2, 0) is 0 Å². The first kappa shape index (κ1) is 7.60. The van der Waals surface area contributed by atoms with Crippen LogP contribution in [0.3, 0.4) is 0 Å². The van der Waals surface area contributed by atoms with E-state index in [0.717, 1.165) is 29.8 Å². The molecule has 2 rings (SSSR count). The van der Waals surface area contributed by atoms with Crippen molar-refractivity contribution in [3.8, 4) is 0 Å². The fourth-order valence-electron chi connectivity index (χ4n) is 2.41. The summed E-state index contributed by atoms with van der Waals surface area (Å²) in [4.78, 5) is 0. The minimum atomic E-state index is 0.920. The van der Waals surface area contributed by atoms with Crippen LogP contribution in [0.25, 0.3) is 0 Å². The van der Waals surface area contributed by atoms with Crippen molar-refractivity contribution in [2.24, 2.45) is 17.8 Å². The maximum absolute atomic E-state index is 3.52. The van der Waals surface area contributed by atoms with E-state index in [1.165, 1.54) is 12.8 Å². The van der Waals surface area contributed by atoms with Gasteiger partial charge in [-0.1, -0.05) is 27.2 Å². The van der Waals surface area contributed by atoms with Crippen LogP contribution in [0.4, 0.5) is 0 Å². The van der Waals surface area contributed by atoms with Gasteiger partial charge in [0, 0.05) is 12.1 Å². The predicted molar refractivity (Wildman–Crippen MR) is 47.4 cm³/mol. The van der Waals surface area contributed by atoms with Crippen LogP contribution in [-0.4, -0.2) is 12.1 Å². The molecule has 64 valence electrons. The van der Waals surface area contributed by atoms with Gasteiger partial charge in [0.1, 0.15) is 0 Å². The summed E-state index contributed by atoms with van der Waals surface area (Å²) in [5.74, 6) is 2.87. The molecule has 0 aromatic rings. The molecule has 1 nitrogen and oxygen atoms in total. The van der Waals surface area contributed by atoms with E-state index >= 15 is 0 Å². The zero-order valence-corrected chi connectivity index (χ0v) is 7.80. The molecular weight excluding hydrogens is 134 g/mol. The Kier molecular flexibility index (Phi) is 1.71. The summed E-state index contributed by atoms with van der Waals surface area (Å²) < 4.78 is 0. The van der Waals surface area contributed by atoms with Gasteiger partial charge in [-0.3, -0.25) is 0 Å². The Labute approximate surface area is 69.6 Å². The quantitative estimate of drug-likeness (QED) is 0.616. The van der Waals surface area contributed by atoms with Crippen LogP contribution in [0.1, 0.15) is 33.6 Å². The van der Waals surface area contributed by atoms with Gasteiger partial charge in [0.05, 0.1) is 0 Å². The molecule has 1 aliphatic heterocycles. The lowest BCUT2D eigenvalue weighted by molar-refractivity contribution is 0.201. The smallest absolute Gasteiger partial charge is 0.0256 e. The summed E-state index contributed by atoms with van der Waals surface area (Å²) >= 11 is 0. The zero-order valence-electron chi connectivity index (χ0n) is 7.80. The number of hydrogen-bond acceptors (Lipinski definition) is 1. The second-order valence-corrected chi connectivity index (χ2v) is 4.44. The summed E-state index contributed by atoms with van der Waals surface area (Å²) in [6, 6.07) is 1.87. The third-order valence-corrected chi connectivity index (χ3v) is 3.94. The predicted octanol–water partition coefficient (Wildman–Crippen LogP) is 2.03. The molecule has 0 bridgehead atoms. The molecule has 0 amide bonds. The largest absolute Gasteiger partial charge is 0.308 e. The van der Waals surface area contributed by atoms with E-state index in [9.17, 15) is 0 Å². The summed E-state index contributed by atoms with van der Waals surface area (Å²) in [5, 5.41) is 3.52. The van der Waals surface area contributed by atoms with Gasteiger partial charge in [0.25, 0.3) is 0 Å². The van der Waals surface area contributed by atoms with Gasteiger partial charge in [-0.2, -0.15) is 0 Å². The van der Waals surface area contributed by atoms with Gasteiger partial charge < -0.3 is 5.32 Å². The van der Waals surface area contributed by atoms with Gasteiger partial charge in [0.2, 0.25) is 0 Å². The van der Waals surface area contributed by atoms with Crippen molar-refractivity contribution in [3.63, 3.8) is 0 Å². The lowest BCUT2D eigenvalue weighted by Crippen LogP contribution is -2.32. The zero-order chi connectivity index (χ0) is 8.01. The first-order valence-corrected chi connectivity index (χ1v) is 5.00. The van der Waals surface area contributed by atoms with E-state index in [-0.39, 0.29) is 0 Å². The van der Waals surface area contributed by atoms with Crippen molar-refractivity contribution in [1.29, 1.82) is 0 Å². The topological polar surface area (TPSA) is 21.9 Å². The molecule has 1 N–H and O–H groups in total. The standard InChI is InChI=1S/C10H19N/c1-4-6(2)7(3)8-5-9-10(8)11-9/h6-11H,4-5H2,1-3H3. The third kappa shape index (κ3) is 1.10. The van der Waals surface area contributed by atoms with E-state index in [4.69, 9.17) is 0 Å². The highest BCUT2D eigenvalue weighted by molar-refractivity contribution is 5.14. The van der Waals surface area contributed by atoms with Crippen molar-refractivity contribution in [1.82, 2.24) is 5.32 Å². The van der Waals surface area contributed by atoms with Gasteiger partial charge in [0.15, 0.2) is 0 Å². The molecule has 1 saturated heterocycles. The normalized spacial score (nSPS) is 45.5. The summed E-state index contributed by atoms with van der Waals surface area (Å²) in [7, 11) is 0. The van der Waals surface area contributed by atoms with E-state index in [1.807, 2.05) is 0 Å². The molecule has 1 heterocycles. The van der Waals surface area contributed by atoms with Crippen molar-refractivity contribution < 1.29 is 0 Å². The summed E-state index contributed by atoms with van der Waals surface area (Å²) in [6.45, 7) is 7.12. The highest BCUT2D eigenvalue weighted by atomic mass is 15.2.